The summed E-state index contributed by atoms with van der Waals surface area (Å²) in [5, 5.41) is 0. The van der Waals surface area contributed by atoms with Gasteiger partial charge < -0.3 is 9.47 Å². The van der Waals surface area contributed by atoms with Gasteiger partial charge in [-0.15, -0.1) is 0 Å². The average Bonchev–Trinajstić information content (AvgIpc) is 2.69. The molecule has 0 bridgehead atoms. The van der Waals surface area contributed by atoms with E-state index in [1.807, 2.05) is 44.7 Å². The molecule has 2 aromatic rings. The van der Waals surface area contributed by atoms with Crippen molar-refractivity contribution < 1.29 is 14.3 Å². The van der Waals surface area contributed by atoms with Gasteiger partial charge in [0.15, 0.2) is 5.75 Å². The maximum Gasteiger partial charge on any atom is 0.415 e. The fourth-order valence-electron chi connectivity index (χ4n) is 3.90. The fraction of sp³-hybridized carbons (Fsp3) is 0.545. The molecule has 0 radical (unpaired) electrons. The van der Waals surface area contributed by atoms with Gasteiger partial charge in [0.2, 0.25) is 5.88 Å². The topological polar surface area (TPSA) is 80.7 Å². The minimum atomic E-state index is -0.324. The summed E-state index contributed by atoms with van der Waals surface area (Å²) in [7, 11) is 0. The van der Waals surface area contributed by atoms with Crippen molar-refractivity contribution in [1.29, 1.82) is 0 Å². The molecule has 1 fully saturated rings. The molecule has 0 N–H and O–H groups in total. The summed E-state index contributed by atoms with van der Waals surface area (Å²) in [4.78, 5) is 30.1. The monoisotopic (exact) mass is 411 g/mol. The van der Waals surface area contributed by atoms with Crippen LogP contribution in [0.25, 0.3) is 0 Å². The molecular formula is C22H29N5O3. The third kappa shape index (κ3) is 4.70. The number of carbonyl (C=O) groups is 1. The molecule has 0 unspecified atom stereocenters. The van der Waals surface area contributed by atoms with Crippen LogP contribution in [0.15, 0.2) is 24.5 Å². The first kappa shape index (κ1) is 20.5. The Morgan fingerprint density at radius 2 is 1.90 bits per heavy atom. The number of amides is 1. The number of piperidine rings is 1. The molecule has 0 saturated carbocycles. The molecule has 4 heterocycles. The highest BCUT2D eigenvalue weighted by Crippen LogP contribution is 2.29. The average molecular weight is 412 g/mol. The zero-order valence-corrected chi connectivity index (χ0v) is 18.1. The van der Waals surface area contributed by atoms with Crippen LogP contribution in [-0.4, -0.2) is 55.6 Å². The molecule has 160 valence electrons. The number of pyridine rings is 1. The van der Waals surface area contributed by atoms with Crippen LogP contribution in [-0.2, 0) is 13.1 Å². The molecule has 0 atom stereocenters. The molecule has 0 aliphatic carbocycles. The van der Waals surface area contributed by atoms with Crippen LogP contribution >= 0.6 is 0 Å². The second-order valence-electron chi connectivity index (χ2n) is 8.92. The molecule has 0 spiro atoms. The minimum Gasteiger partial charge on any atom is -0.471 e. The van der Waals surface area contributed by atoms with Gasteiger partial charge in [0.25, 0.3) is 0 Å². The van der Waals surface area contributed by atoms with Gasteiger partial charge in [0.1, 0.15) is 17.0 Å². The van der Waals surface area contributed by atoms with E-state index in [1.165, 1.54) is 0 Å². The summed E-state index contributed by atoms with van der Waals surface area (Å²) >= 11 is 0. The summed E-state index contributed by atoms with van der Waals surface area (Å²) in [5.74, 6) is 1.16. The highest BCUT2D eigenvalue weighted by atomic mass is 16.6. The number of hydrogen-bond donors (Lipinski definition) is 0. The van der Waals surface area contributed by atoms with E-state index in [9.17, 15) is 4.79 Å². The zero-order chi connectivity index (χ0) is 21.3. The van der Waals surface area contributed by atoms with Gasteiger partial charge in [0, 0.05) is 43.8 Å². The number of fused-ring (bicyclic) bond motifs is 1. The van der Waals surface area contributed by atoms with Gasteiger partial charge >= 0.3 is 6.09 Å². The van der Waals surface area contributed by atoms with Crippen LogP contribution in [0.2, 0.25) is 0 Å². The lowest BCUT2D eigenvalue weighted by Gasteiger charge is -2.39. The van der Waals surface area contributed by atoms with Gasteiger partial charge in [-0.05, 0) is 52.7 Å². The summed E-state index contributed by atoms with van der Waals surface area (Å²) < 4.78 is 11.5. The number of likely N-dealkylation sites (tertiary alicyclic amines) is 1. The van der Waals surface area contributed by atoms with Gasteiger partial charge in [0.05, 0.1) is 6.54 Å². The fourth-order valence-corrected chi connectivity index (χ4v) is 3.90. The number of hydrogen-bond acceptors (Lipinski definition) is 7. The predicted octanol–water partition coefficient (Wildman–Crippen LogP) is 3.34. The first-order chi connectivity index (χ1) is 14.3. The van der Waals surface area contributed by atoms with E-state index >= 15 is 0 Å². The van der Waals surface area contributed by atoms with E-state index < -0.39 is 0 Å². The lowest BCUT2D eigenvalue weighted by Crippen LogP contribution is -2.49. The van der Waals surface area contributed by atoms with E-state index in [4.69, 9.17) is 9.47 Å². The number of nitrogens with zero attached hydrogens (tertiary/aromatic N) is 5. The number of rotatable bonds is 4. The highest BCUT2D eigenvalue weighted by molar-refractivity contribution is 5.73. The molecule has 8 nitrogen and oxygen atoms in total. The molecule has 2 aliphatic rings. The summed E-state index contributed by atoms with van der Waals surface area (Å²) in [5.41, 5.74) is 2.28. The predicted molar refractivity (Wildman–Crippen MR) is 111 cm³/mol. The van der Waals surface area contributed by atoms with Crippen LogP contribution < -0.4 is 9.47 Å². The smallest absolute Gasteiger partial charge is 0.415 e. The lowest BCUT2D eigenvalue weighted by atomic mass is 10.0. The van der Waals surface area contributed by atoms with Crippen LogP contribution in [0.5, 0.6) is 11.6 Å². The van der Waals surface area contributed by atoms with Crippen molar-refractivity contribution in [2.75, 3.05) is 13.1 Å². The van der Waals surface area contributed by atoms with Gasteiger partial charge in [-0.1, -0.05) is 0 Å². The second-order valence-corrected chi connectivity index (χ2v) is 8.92. The number of aromatic nitrogens is 3. The normalized spacial score (nSPS) is 18.1. The number of ether oxygens (including phenoxy) is 2. The van der Waals surface area contributed by atoms with E-state index in [2.05, 4.69) is 19.9 Å². The zero-order valence-electron chi connectivity index (χ0n) is 18.1. The van der Waals surface area contributed by atoms with Crippen LogP contribution in [0, 0.1) is 6.92 Å². The number of carbonyl (C=O) groups excluding carboxylic acids is 1. The van der Waals surface area contributed by atoms with Crippen molar-refractivity contribution in [1.82, 2.24) is 24.8 Å². The highest BCUT2D eigenvalue weighted by Gasteiger charge is 2.34. The Morgan fingerprint density at radius 1 is 1.17 bits per heavy atom. The van der Waals surface area contributed by atoms with Crippen LogP contribution in [0.1, 0.15) is 50.7 Å². The maximum atomic E-state index is 12.5. The molecule has 0 aromatic carbocycles. The first-order valence-electron chi connectivity index (χ1n) is 10.4. The third-order valence-corrected chi connectivity index (χ3v) is 5.33. The summed E-state index contributed by atoms with van der Waals surface area (Å²) in [6, 6.07) is 3.84. The van der Waals surface area contributed by atoms with Crippen molar-refractivity contribution in [2.24, 2.45) is 0 Å². The Hall–Kier alpha value is -2.74. The molecule has 1 saturated heterocycles. The molecule has 30 heavy (non-hydrogen) atoms. The van der Waals surface area contributed by atoms with Crippen molar-refractivity contribution in [3.05, 3.63) is 41.6 Å². The third-order valence-electron chi connectivity index (χ3n) is 5.33. The minimum absolute atomic E-state index is 0.149. The maximum absolute atomic E-state index is 12.5. The van der Waals surface area contributed by atoms with Crippen molar-refractivity contribution >= 4 is 6.09 Å². The quantitative estimate of drug-likeness (QED) is 0.763. The van der Waals surface area contributed by atoms with Gasteiger partial charge in [-0.25, -0.2) is 9.78 Å². The van der Waals surface area contributed by atoms with Crippen LogP contribution in [0.4, 0.5) is 4.79 Å². The SMILES string of the molecule is Cc1ccc2c(n1)CN(C1CCN(Cc3nccnc3OC(C)(C)C)CC1)C(=O)O2. The first-order valence-corrected chi connectivity index (χ1v) is 10.4. The molecule has 2 aromatic heterocycles. The molecule has 8 heteroatoms. The molecule has 2 aliphatic heterocycles. The molecule has 4 rings (SSSR count). The summed E-state index contributed by atoms with van der Waals surface area (Å²) in [6.45, 7) is 10.9. The van der Waals surface area contributed by atoms with Crippen molar-refractivity contribution in [2.45, 2.75) is 65.3 Å². The second kappa shape index (κ2) is 8.18. The van der Waals surface area contributed by atoms with E-state index in [0.717, 1.165) is 43.0 Å². The van der Waals surface area contributed by atoms with Crippen molar-refractivity contribution in [3.63, 3.8) is 0 Å². The van der Waals surface area contributed by atoms with E-state index in [-0.39, 0.29) is 17.7 Å². The van der Waals surface area contributed by atoms with Gasteiger partial charge in [-0.3, -0.25) is 19.8 Å². The van der Waals surface area contributed by atoms with Crippen molar-refractivity contribution in [3.8, 4) is 11.6 Å². The van der Waals surface area contributed by atoms with E-state index in [1.54, 1.807) is 12.4 Å². The van der Waals surface area contributed by atoms with Gasteiger partial charge in [-0.2, -0.15) is 0 Å². The molecule has 1 amide bonds. The Bertz CT molecular complexity index is 919. The standard InChI is InChI=1S/C22H29N5O3/c1-15-5-6-19-17(25-15)14-27(21(28)29-19)16-7-11-26(12-8-16)13-18-20(24-10-9-23-18)30-22(2,3)4/h5-6,9-10,16H,7-8,11-14H2,1-4H3. The Morgan fingerprint density at radius 3 is 2.63 bits per heavy atom. The summed E-state index contributed by atoms with van der Waals surface area (Å²) in [6.07, 6.45) is 4.85. The van der Waals surface area contributed by atoms with E-state index in [0.29, 0.717) is 24.7 Å². The molecular weight excluding hydrogens is 382 g/mol. The van der Waals surface area contributed by atoms with Crippen LogP contribution in [0.3, 0.4) is 0 Å². The Balaban J connectivity index is 1.38. The Kier molecular flexibility index (Phi) is 5.60. The number of aryl methyl sites for hydroxylation is 1. The lowest BCUT2D eigenvalue weighted by molar-refractivity contribution is 0.0773. The largest absolute Gasteiger partial charge is 0.471 e. The Labute approximate surface area is 177 Å².